The van der Waals surface area contributed by atoms with Gasteiger partial charge >= 0.3 is 5.91 Å². The molecular weight excluding hydrogens is 324 g/mol. The number of Topliss-reactive ketones (excluding diaryl/α,β-unsaturated/α-hetero) is 1. The lowest BCUT2D eigenvalue weighted by Gasteiger charge is -2.30. The molecule has 1 aliphatic rings. The van der Waals surface area contributed by atoms with Crippen molar-refractivity contribution in [2.24, 2.45) is 0 Å². The molecular formula is C22H18N2O2. The number of para-hydroxylation sites is 2. The number of anilines is 2. The van der Waals surface area contributed by atoms with Crippen LogP contribution in [-0.2, 0) is 11.3 Å². The molecule has 0 aliphatic carbocycles. The zero-order valence-corrected chi connectivity index (χ0v) is 14.2. The predicted octanol–water partition coefficient (Wildman–Crippen LogP) is 3.88. The lowest BCUT2D eigenvalue weighted by atomic mass is 10.1. The van der Waals surface area contributed by atoms with Gasteiger partial charge < -0.3 is 4.90 Å². The molecule has 0 unspecified atom stereocenters. The van der Waals surface area contributed by atoms with Crippen LogP contribution in [-0.4, -0.2) is 18.4 Å². The Kier molecular flexibility index (Phi) is 4.23. The van der Waals surface area contributed by atoms with E-state index in [1.54, 1.807) is 17.0 Å². The van der Waals surface area contributed by atoms with Crippen molar-refractivity contribution in [3.63, 3.8) is 0 Å². The van der Waals surface area contributed by atoms with Gasteiger partial charge in [0.25, 0.3) is 5.78 Å². The summed E-state index contributed by atoms with van der Waals surface area (Å²) in [6.07, 6.45) is 0. The molecule has 1 aliphatic heterocycles. The van der Waals surface area contributed by atoms with Crippen LogP contribution in [0.3, 0.4) is 0 Å². The number of nitrogens with zero attached hydrogens (tertiary/aromatic N) is 2. The molecule has 128 valence electrons. The maximum atomic E-state index is 12.5. The van der Waals surface area contributed by atoms with Gasteiger partial charge in [-0.25, -0.2) is 0 Å². The molecule has 26 heavy (non-hydrogen) atoms. The third-order valence-electron chi connectivity index (χ3n) is 4.53. The maximum absolute atomic E-state index is 12.5. The molecule has 0 radical (unpaired) electrons. The zero-order valence-electron chi connectivity index (χ0n) is 14.2. The first-order chi connectivity index (χ1) is 12.7. The highest BCUT2D eigenvalue weighted by atomic mass is 16.2. The lowest BCUT2D eigenvalue weighted by molar-refractivity contribution is -0.114. The van der Waals surface area contributed by atoms with E-state index < -0.39 is 11.7 Å². The Morgan fingerprint density at radius 1 is 0.731 bits per heavy atom. The number of carbonyl (C=O) groups excluding carboxylic acids is 2. The second kappa shape index (κ2) is 6.84. The number of amides is 1. The van der Waals surface area contributed by atoms with E-state index >= 15 is 0 Å². The SMILES string of the molecule is O=C1C(=O)N(CN(Cc2ccccc2)c2ccccc2)c2ccccc21. The van der Waals surface area contributed by atoms with E-state index in [1.165, 1.54) is 0 Å². The summed E-state index contributed by atoms with van der Waals surface area (Å²) in [7, 11) is 0. The first-order valence-electron chi connectivity index (χ1n) is 8.53. The highest BCUT2D eigenvalue weighted by Crippen LogP contribution is 2.30. The number of rotatable bonds is 5. The van der Waals surface area contributed by atoms with Gasteiger partial charge in [-0.15, -0.1) is 0 Å². The van der Waals surface area contributed by atoms with Crippen LogP contribution in [0, 0.1) is 0 Å². The molecule has 4 nitrogen and oxygen atoms in total. The normalized spacial score (nSPS) is 13.0. The van der Waals surface area contributed by atoms with Crippen LogP contribution >= 0.6 is 0 Å². The van der Waals surface area contributed by atoms with Crippen molar-refractivity contribution < 1.29 is 9.59 Å². The van der Waals surface area contributed by atoms with E-state index in [1.807, 2.05) is 60.7 Å². The maximum Gasteiger partial charge on any atom is 0.300 e. The van der Waals surface area contributed by atoms with Gasteiger partial charge in [0.1, 0.15) is 0 Å². The van der Waals surface area contributed by atoms with E-state index in [0.29, 0.717) is 24.5 Å². The van der Waals surface area contributed by atoms with Crippen LogP contribution in [0.5, 0.6) is 0 Å². The van der Waals surface area contributed by atoms with Gasteiger partial charge in [0.15, 0.2) is 0 Å². The van der Waals surface area contributed by atoms with Gasteiger partial charge in [-0.05, 0) is 29.8 Å². The zero-order chi connectivity index (χ0) is 17.9. The minimum absolute atomic E-state index is 0.320. The van der Waals surface area contributed by atoms with Crippen molar-refractivity contribution in [1.82, 2.24) is 0 Å². The van der Waals surface area contributed by atoms with Gasteiger partial charge in [-0.1, -0.05) is 60.7 Å². The van der Waals surface area contributed by atoms with Gasteiger partial charge in [-0.2, -0.15) is 0 Å². The average Bonchev–Trinajstić information content (AvgIpc) is 2.94. The lowest BCUT2D eigenvalue weighted by Crippen LogP contribution is -2.40. The van der Waals surface area contributed by atoms with E-state index in [2.05, 4.69) is 17.0 Å². The van der Waals surface area contributed by atoms with Gasteiger partial charge in [-0.3, -0.25) is 14.5 Å². The molecule has 1 amide bonds. The third kappa shape index (κ3) is 2.97. The van der Waals surface area contributed by atoms with Crippen molar-refractivity contribution in [3.8, 4) is 0 Å². The molecule has 4 heteroatoms. The van der Waals surface area contributed by atoms with Crippen molar-refractivity contribution in [3.05, 3.63) is 96.1 Å². The van der Waals surface area contributed by atoms with Crippen molar-refractivity contribution >= 4 is 23.1 Å². The van der Waals surface area contributed by atoms with Crippen LogP contribution in [0.4, 0.5) is 11.4 Å². The van der Waals surface area contributed by atoms with Crippen molar-refractivity contribution in [2.45, 2.75) is 6.54 Å². The Morgan fingerprint density at radius 3 is 2.08 bits per heavy atom. The van der Waals surface area contributed by atoms with Crippen LogP contribution in [0.1, 0.15) is 15.9 Å². The minimum Gasteiger partial charge on any atom is -0.349 e. The quantitative estimate of drug-likeness (QED) is 0.661. The molecule has 0 atom stereocenters. The van der Waals surface area contributed by atoms with Gasteiger partial charge in [0, 0.05) is 12.2 Å². The van der Waals surface area contributed by atoms with E-state index in [4.69, 9.17) is 0 Å². The van der Waals surface area contributed by atoms with E-state index in [-0.39, 0.29) is 0 Å². The Hall–Kier alpha value is -3.40. The fraction of sp³-hybridized carbons (Fsp3) is 0.0909. The van der Waals surface area contributed by atoms with E-state index in [0.717, 1.165) is 11.3 Å². The molecule has 0 bridgehead atoms. The summed E-state index contributed by atoms with van der Waals surface area (Å²) >= 11 is 0. The fourth-order valence-corrected chi connectivity index (χ4v) is 3.22. The Balaban J connectivity index is 1.67. The molecule has 0 aromatic heterocycles. The molecule has 3 aromatic rings. The van der Waals surface area contributed by atoms with Crippen molar-refractivity contribution in [1.29, 1.82) is 0 Å². The number of benzene rings is 3. The molecule has 3 aromatic carbocycles. The van der Waals surface area contributed by atoms with Crippen molar-refractivity contribution in [2.75, 3.05) is 16.5 Å². The first kappa shape index (κ1) is 16.1. The fourth-order valence-electron chi connectivity index (χ4n) is 3.22. The summed E-state index contributed by atoms with van der Waals surface area (Å²) in [5.41, 5.74) is 3.30. The van der Waals surface area contributed by atoms with E-state index in [9.17, 15) is 9.59 Å². The number of hydrogen-bond donors (Lipinski definition) is 0. The monoisotopic (exact) mass is 342 g/mol. The molecule has 4 rings (SSSR count). The van der Waals surface area contributed by atoms with Crippen LogP contribution in [0.15, 0.2) is 84.9 Å². The summed E-state index contributed by atoms with van der Waals surface area (Å²) in [6, 6.07) is 27.2. The summed E-state index contributed by atoms with van der Waals surface area (Å²) in [6.45, 7) is 0.964. The highest BCUT2D eigenvalue weighted by Gasteiger charge is 2.36. The Morgan fingerprint density at radius 2 is 1.35 bits per heavy atom. The van der Waals surface area contributed by atoms with Crippen LogP contribution < -0.4 is 9.80 Å². The largest absolute Gasteiger partial charge is 0.349 e. The Bertz CT molecular complexity index is 939. The smallest absolute Gasteiger partial charge is 0.300 e. The Labute approximate surface area is 152 Å². The molecule has 0 saturated carbocycles. The number of hydrogen-bond acceptors (Lipinski definition) is 3. The van der Waals surface area contributed by atoms with Crippen LogP contribution in [0.25, 0.3) is 0 Å². The molecule has 0 N–H and O–H groups in total. The van der Waals surface area contributed by atoms with Gasteiger partial charge in [0.05, 0.1) is 17.9 Å². The minimum atomic E-state index is -0.472. The molecule has 0 saturated heterocycles. The third-order valence-corrected chi connectivity index (χ3v) is 4.53. The number of carbonyl (C=O) groups is 2. The van der Waals surface area contributed by atoms with Crippen LogP contribution in [0.2, 0.25) is 0 Å². The summed E-state index contributed by atoms with van der Waals surface area (Å²) in [4.78, 5) is 28.5. The summed E-state index contributed by atoms with van der Waals surface area (Å²) in [5.74, 6) is -0.909. The molecule has 0 spiro atoms. The molecule has 1 heterocycles. The van der Waals surface area contributed by atoms with Gasteiger partial charge in [0.2, 0.25) is 0 Å². The second-order valence-corrected chi connectivity index (χ2v) is 6.24. The summed E-state index contributed by atoms with van der Waals surface area (Å²) < 4.78 is 0. The second-order valence-electron chi connectivity index (χ2n) is 6.24. The number of fused-ring (bicyclic) bond motifs is 1. The summed E-state index contributed by atoms with van der Waals surface area (Å²) in [5, 5.41) is 0. The first-order valence-corrected chi connectivity index (χ1v) is 8.53. The average molecular weight is 342 g/mol. The molecule has 0 fully saturated rings. The standard InChI is InChI=1S/C22H18N2O2/c25-21-19-13-7-8-14-20(19)24(22(21)26)16-23(18-11-5-2-6-12-18)15-17-9-3-1-4-10-17/h1-14H,15-16H2. The highest BCUT2D eigenvalue weighted by molar-refractivity contribution is 6.52. The predicted molar refractivity (Wildman–Crippen MR) is 102 cm³/mol. The topological polar surface area (TPSA) is 40.6 Å². The number of ketones is 1.